The van der Waals surface area contributed by atoms with Crippen LogP contribution in [0.25, 0.3) is 0 Å². The van der Waals surface area contributed by atoms with Crippen LogP contribution in [0.15, 0.2) is 39.5 Å². The van der Waals surface area contributed by atoms with Gasteiger partial charge in [-0.25, -0.2) is 4.98 Å². The fourth-order valence-corrected chi connectivity index (χ4v) is 2.98. The summed E-state index contributed by atoms with van der Waals surface area (Å²) in [4.78, 5) is 16.3. The molecule has 0 bridgehead atoms. The molecule has 0 spiro atoms. The molecule has 2 aromatic rings. The van der Waals surface area contributed by atoms with E-state index >= 15 is 0 Å². The number of ketones is 1. The standard InChI is InChI=1S/C13H12Br2N2O/c1-17-7-6-16-13(17)5-4-12(18)10-3-2-9(14)8-11(10)15/h2-3,6-8H,4-5H2,1H3. The zero-order valence-electron chi connectivity index (χ0n) is 9.86. The van der Waals surface area contributed by atoms with Gasteiger partial charge in [0, 0.05) is 46.8 Å². The smallest absolute Gasteiger partial charge is 0.164 e. The molecular weight excluding hydrogens is 360 g/mol. The lowest BCUT2D eigenvalue weighted by molar-refractivity contribution is 0.0981. The number of rotatable bonds is 4. The number of hydrogen-bond donors (Lipinski definition) is 0. The third-order valence-corrected chi connectivity index (χ3v) is 3.88. The highest BCUT2D eigenvalue weighted by atomic mass is 79.9. The van der Waals surface area contributed by atoms with Gasteiger partial charge in [0.25, 0.3) is 0 Å². The van der Waals surface area contributed by atoms with E-state index in [0.717, 1.165) is 14.8 Å². The van der Waals surface area contributed by atoms with Crippen molar-refractivity contribution in [2.75, 3.05) is 0 Å². The topological polar surface area (TPSA) is 34.9 Å². The molecule has 3 nitrogen and oxygen atoms in total. The van der Waals surface area contributed by atoms with Crippen molar-refractivity contribution in [3.8, 4) is 0 Å². The predicted octanol–water partition coefficient (Wildman–Crippen LogP) is 3.76. The first kappa shape index (κ1) is 13.5. The van der Waals surface area contributed by atoms with Crippen LogP contribution in [-0.4, -0.2) is 15.3 Å². The first-order valence-corrected chi connectivity index (χ1v) is 7.11. The number of hydrogen-bond acceptors (Lipinski definition) is 2. The second-order valence-electron chi connectivity index (χ2n) is 4.00. The molecule has 94 valence electrons. The van der Waals surface area contributed by atoms with Crippen molar-refractivity contribution in [2.24, 2.45) is 7.05 Å². The van der Waals surface area contributed by atoms with Crippen LogP contribution >= 0.6 is 31.9 Å². The van der Waals surface area contributed by atoms with Gasteiger partial charge in [-0.1, -0.05) is 31.9 Å². The Morgan fingerprint density at radius 3 is 2.78 bits per heavy atom. The molecule has 0 N–H and O–H groups in total. The summed E-state index contributed by atoms with van der Waals surface area (Å²) in [5.41, 5.74) is 0.715. The van der Waals surface area contributed by atoms with Crippen LogP contribution in [0.1, 0.15) is 22.6 Å². The summed E-state index contributed by atoms with van der Waals surface area (Å²) in [5.74, 6) is 1.05. The van der Waals surface area contributed by atoms with Crippen molar-refractivity contribution in [3.05, 3.63) is 50.9 Å². The highest BCUT2D eigenvalue weighted by Crippen LogP contribution is 2.23. The van der Waals surface area contributed by atoms with Crippen LogP contribution < -0.4 is 0 Å². The third-order valence-electron chi connectivity index (χ3n) is 2.73. The molecule has 0 aliphatic rings. The Morgan fingerprint density at radius 2 is 2.17 bits per heavy atom. The molecular formula is C13H12Br2N2O. The number of carbonyl (C=O) groups is 1. The SMILES string of the molecule is Cn1ccnc1CCC(=O)c1ccc(Br)cc1Br. The minimum atomic E-state index is 0.123. The van der Waals surface area contributed by atoms with Crippen molar-refractivity contribution in [1.82, 2.24) is 9.55 Å². The second kappa shape index (κ2) is 5.80. The second-order valence-corrected chi connectivity index (χ2v) is 5.77. The van der Waals surface area contributed by atoms with Crippen LogP contribution in [0.4, 0.5) is 0 Å². The first-order chi connectivity index (χ1) is 8.58. The van der Waals surface area contributed by atoms with Crippen molar-refractivity contribution in [2.45, 2.75) is 12.8 Å². The third kappa shape index (κ3) is 3.09. The van der Waals surface area contributed by atoms with Gasteiger partial charge in [-0.3, -0.25) is 4.79 Å². The number of carbonyl (C=O) groups excluding carboxylic acids is 1. The van der Waals surface area contributed by atoms with E-state index in [0.29, 0.717) is 18.4 Å². The monoisotopic (exact) mass is 370 g/mol. The van der Waals surface area contributed by atoms with E-state index < -0.39 is 0 Å². The molecule has 1 heterocycles. The van der Waals surface area contributed by atoms with Gasteiger partial charge in [-0.15, -0.1) is 0 Å². The number of imidazole rings is 1. The molecule has 0 aliphatic heterocycles. The highest BCUT2D eigenvalue weighted by molar-refractivity contribution is 9.11. The summed E-state index contributed by atoms with van der Waals surface area (Å²) >= 11 is 6.78. The van der Waals surface area contributed by atoms with Gasteiger partial charge in [0.15, 0.2) is 5.78 Å². The average molecular weight is 372 g/mol. The van der Waals surface area contributed by atoms with Gasteiger partial charge in [-0.2, -0.15) is 0 Å². The Morgan fingerprint density at radius 1 is 1.39 bits per heavy atom. The largest absolute Gasteiger partial charge is 0.338 e. The molecule has 1 aromatic heterocycles. The molecule has 0 atom stereocenters. The fourth-order valence-electron chi connectivity index (χ4n) is 1.71. The van der Waals surface area contributed by atoms with E-state index in [1.807, 2.05) is 36.0 Å². The van der Waals surface area contributed by atoms with E-state index in [1.54, 1.807) is 6.20 Å². The van der Waals surface area contributed by atoms with E-state index in [4.69, 9.17) is 0 Å². The van der Waals surface area contributed by atoms with Gasteiger partial charge in [-0.05, 0) is 18.2 Å². The summed E-state index contributed by atoms with van der Waals surface area (Å²) in [7, 11) is 1.93. The van der Waals surface area contributed by atoms with Gasteiger partial charge in [0.2, 0.25) is 0 Å². The van der Waals surface area contributed by atoms with Gasteiger partial charge < -0.3 is 4.57 Å². The first-order valence-electron chi connectivity index (χ1n) is 5.52. The minimum Gasteiger partial charge on any atom is -0.338 e. The number of halogens is 2. The van der Waals surface area contributed by atoms with Crippen LogP contribution in [0.3, 0.4) is 0 Å². The molecule has 18 heavy (non-hydrogen) atoms. The molecule has 0 saturated heterocycles. The van der Waals surface area contributed by atoms with E-state index in [2.05, 4.69) is 36.8 Å². The Kier molecular flexibility index (Phi) is 4.35. The summed E-state index contributed by atoms with van der Waals surface area (Å²) < 4.78 is 3.71. The zero-order valence-corrected chi connectivity index (χ0v) is 13.0. The van der Waals surface area contributed by atoms with Crippen molar-refractivity contribution >= 4 is 37.6 Å². The molecule has 0 saturated carbocycles. The summed E-state index contributed by atoms with van der Waals surface area (Å²) in [6.45, 7) is 0. The molecule has 0 radical (unpaired) electrons. The number of aromatic nitrogens is 2. The normalized spacial score (nSPS) is 10.6. The minimum absolute atomic E-state index is 0.123. The summed E-state index contributed by atoms with van der Waals surface area (Å²) in [5, 5.41) is 0. The quantitative estimate of drug-likeness (QED) is 0.767. The van der Waals surface area contributed by atoms with Crippen molar-refractivity contribution < 1.29 is 4.79 Å². The van der Waals surface area contributed by atoms with Crippen molar-refractivity contribution in [1.29, 1.82) is 0 Å². The molecule has 5 heteroatoms. The number of benzene rings is 1. The van der Waals surface area contributed by atoms with Crippen molar-refractivity contribution in [3.63, 3.8) is 0 Å². The zero-order chi connectivity index (χ0) is 13.1. The summed E-state index contributed by atoms with van der Waals surface area (Å²) in [6, 6.07) is 5.59. The number of nitrogens with zero attached hydrogens (tertiary/aromatic N) is 2. The van der Waals surface area contributed by atoms with Gasteiger partial charge in [0.05, 0.1) is 0 Å². The lowest BCUT2D eigenvalue weighted by Crippen LogP contribution is -2.05. The Bertz CT molecular complexity index is 578. The lowest BCUT2D eigenvalue weighted by Gasteiger charge is -2.04. The molecule has 2 rings (SSSR count). The van der Waals surface area contributed by atoms with Gasteiger partial charge in [0.1, 0.15) is 5.82 Å². The van der Waals surface area contributed by atoms with Crippen LogP contribution in [-0.2, 0) is 13.5 Å². The molecule has 0 aliphatic carbocycles. The summed E-state index contributed by atoms with van der Waals surface area (Å²) in [6.07, 6.45) is 4.75. The average Bonchev–Trinajstić information content (AvgIpc) is 2.72. The van der Waals surface area contributed by atoms with E-state index in [-0.39, 0.29) is 5.78 Å². The Hall–Kier alpha value is -0.940. The van der Waals surface area contributed by atoms with Gasteiger partial charge >= 0.3 is 0 Å². The van der Waals surface area contributed by atoms with Crippen LogP contribution in [0.5, 0.6) is 0 Å². The molecule has 0 unspecified atom stereocenters. The lowest BCUT2D eigenvalue weighted by atomic mass is 10.1. The fraction of sp³-hybridized carbons (Fsp3) is 0.231. The molecule has 0 fully saturated rings. The molecule has 1 aromatic carbocycles. The van der Waals surface area contributed by atoms with Crippen LogP contribution in [0, 0.1) is 0 Å². The maximum absolute atomic E-state index is 12.1. The maximum Gasteiger partial charge on any atom is 0.164 e. The Balaban J connectivity index is 2.06. The van der Waals surface area contributed by atoms with Crippen LogP contribution in [0.2, 0.25) is 0 Å². The highest BCUT2D eigenvalue weighted by Gasteiger charge is 2.11. The maximum atomic E-state index is 12.1. The molecule has 0 amide bonds. The number of aryl methyl sites for hydroxylation is 2. The number of Topliss-reactive ketones (excluding diaryl/α,β-unsaturated/α-hetero) is 1. The predicted molar refractivity (Wildman–Crippen MR) is 77.7 cm³/mol. The van der Waals surface area contributed by atoms with E-state index in [1.165, 1.54) is 0 Å². The Labute approximate surface area is 122 Å². The van der Waals surface area contributed by atoms with E-state index in [9.17, 15) is 4.79 Å².